The van der Waals surface area contributed by atoms with Crippen molar-refractivity contribution < 1.29 is 19.9 Å². The highest BCUT2D eigenvalue weighted by atomic mass is 16.6. The normalized spacial score (nSPS) is 12.0. The third-order valence-electron chi connectivity index (χ3n) is 5.04. The predicted molar refractivity (Wildman–Crippen MR) is 99.1 cm³/mol. The minimum absolute atomic E-state index is 0.0402. The summed E-state index contributed by atoms with van der Waals surface area (Å²) in [4.78, 5) is 10.7. The lowest BCUT2D eigenvalue weighted by Crippen LogP contribution is -1.99. The number of nitro groups is 1. The molecule has 0 amide bonds. The van der Waals surface area contributed by atoms with Gasteiger partial charge in [0.2, 0.25) is 0 Å². The average molecular weight is 366 g/mol. The Morgan fingerprint density at radius 2 is 1.81 bits per heavy atom. The van der Waals surface area contributed by atoms with Crippen molar-refractivity contribution in [2.24, 2.45) is 0 Å². The molecule has 1 aliphatic heterocycles. The molecule has 1 aromatic heterocycles. The van der Waals surface area contributed by atoms with Crippen LogP contribution in [0.15, 0.2) is 42.5 Å². The maximum Gasteiger partial charge on any atom is 0.269 e. The highest BCUT2D eigenvalue weighted by Crippen LogP contribution is 2.42. The van der Waals surface area contributed by atoms with E-state index in [-0.39, 0.29) is 18.9 Å². The van der Waals surface area contributed by atoms with Crippen LogP contribution in [0.25, 0.3) is 16.9 Å². The van der Waals surface area contributed by atoms with E-state index in [1.54, 1.807) is 19.2 Å². The lowest BCUT2D eigenvalue weighted by molar-refractivity contribution is -0.384. The molecule has 2 N–H and O–H groups in total. The van der Waals surface area contributed by atoms with E-state index < -0.39 is 4.92 Å². The highest BCUT2D eigenvalue weighted by Gasteiger charge is 2.30. The summed E-state index contributed by atoms with van der Waals surface area (Å²) in [5, 5.41) is 31.0. The summed E-state index contributed by atoms with van der Waals surface area (Å²) in [5.74, 6) is 0.718. The number of non-ortho nitro benzene ring substituents is 1. The number of aromatic nitrogens is 1. The lowest BCUT2D eigenvalue weighted by Gasteiger charge is -2.12. The van der Waals surface area contributed by atoms with Crippen molar-refractivity contribution in [2.75, 3.05) is 7.11 Å². The minimum atomic E-state index is -0.412. The summed E-state index contributed by atoms with van der Waals surface area (Å²) in [7, 11) is 1.59. The maximum absolute atomic E-state index is 11.1. The molecule has 0 spiro atoms. The molecule has 0 bridgehead atoms. The Morgan fingerprint density at radius 3 is 2.41 bits per heavy atom. The van der Waals surface area contributed by atoms with Gasteiger partial charge in [0.1, 0.15) is 5.75 Å². The van der Waals surface area contributed by atoms with Crippen molar-refractivity contribution in [3.63, 3.8) is 0 Å². The van der Waals surface area contributed by atoms with Crippen molar-refractivity contribution in [1.82, 2.24) is 4.57 Å². The number of nitrogens with zero attached hydrogens (tertiary/aromatic N) is 2. The van der Waals surface area contributed by atoms with Gasteiger partial charge in [0.15, 0.2) is 0 Å². The number of benzene rings is 2. The van der Waals surface area contributed by atoms with Gasteiger partial charge in [0.25, 0.3) is 5.69 Å². The third-order valence-corrected chi connectivity index (χ3v) is 5.04. The molecule has 0 unspecified atom stereocenters. The van der Waals surface area contributed by atoms with Gasteiger partial charge in [-0.2, -0.15) is 0 Å². The average Bonchev–Trinajstić information content (AvgIpc) is 3.20. The first-order valence-electron chi connectivity index (χ1n) is 8.48. The Morgan fingerprint density at radius 1 is 1.11 bits per heavy atom. The van der Waals surface area contributed by atoms with Crippen LogP contribution < -0.4 is 4.74 Å². The Hall–Kier alpha value is -3.16. The van der Waals surface area contributed by atoms with Gasteiger partial charge in [-0.3, -0.25) is 10.1 Å². The van der Waals surface area contributed by atoms with E-state index in [4.69, 9.17) is 4.74 Å². The molecule has 0 fully saturated rings. The molecule has 1 aliphatic rings. The summed E-state index contributed by atoms with van der Waals surface area (Å²) in [6.07, 6.45) is 0.468. The van der Waals surface area contributed by atoms with E-state index in [2.05, 4.69) is 0 Å². The highest BCUT2D eigenvalue weighted by molar-refractivity contribution is 5.74. The fraction of sp³-hybridized carbons (Fsp3) is 0.200. The van der Waals surface area contributed by atoms with Crippen LogP contribution in [0.5, 0.6) is 5.75 Å². The largest absolute Gasteiger partial charge is 0.497 e. The quantitative estimate of drug-likeness (QED) is 0.418. The standard InChI is InChI=1S/C20H18N2O5/c1-27-15-5-2-12(3-6-15)20-17(11-24)16(10-23)19-9-13-8-14(22(25)26)4-7-18(13)21(19)20/h2-8,23-24H,9-11H2,1H3. The topological polar surface area (TPSA) is 97.8 Å². The molecule has 3 aromatic rings. The number of aliphatic hydroxyl groups is 2. The number of aliphatic hydroxyl groups excluding tert-OH is 2. The van der Waals surface area contributed by atoms with Gasteiger partial charge in [0, 0.05) is 41.1 Å². The maximum atomic E-state index is 11.1. The van der Waals surface area contributed by atoms with Crippen molar-refractivity contribution in [2.45, 2.75) is 19.6 Å². The summed E-state index contributed by atoms with van der Waals surface area (Å²) in [6.45, 7) is -0.420. The molecule has 2 heterocycles. The molecule has 0 aliphatic carbocycles. The van der Waals surface area contributed by atoms with E-state index in [0.29, 0.717) is 17.5 Å². The van der Waals surface area contributed by atoms with Gasteiger partial charge in [-0.25, -0.2) is 0 Å². The van der Waals surface area contributed by atoms with E-state index in [1.807, 2.05) is 28.8 Å². The molecule has 7 nitrogen and oxygen atoms in total. The summed E-state index contributed by atoms with van der Waals surface area (Å²) in [5.41, 5.74) is 5.54. The lowest BCUT2D eigenvalue weighted by atomic mass is 10.0. The fourth-order valence-corrected chi connectivity index (χ4v) is 3.81. The van der Waals surface area contributed by atoms with E-state index in [1.165, 1.54) is 6.07 Å². The van der Waals surface area contributed by atoms with Gasteiger partial charge in [-0.15, -0.1) is 0 Å². The first-order valence-corrected chi connectivity index (χ1v) is 8.48. The van der Waals surface area contributed by atoms with Crippen LogP contribution in [-0.2, 0) is 19.6 Å². The first-order chi connectivity index (χ1) is 13.1. The van der Waals surface area contributed by atoms with Crippen LogP contribution in [0.4, 0.5) is 5.69 Å². The Balaban J connectivity index is 1.96. The number of nitro benzene ring substituents is 1. The number of hydrogen-bond acceptors (Lipinski definition) is 5. The van der Waals surface area contributed by atoms with Crippen LogP contribution >= 0.6 is 0 Å². The van der Waals surface area contributed by atoms with Crippen molar-refractivity contribution in [3.05, 3.63) is 75.0 Å². The molecule has 0 saturated carbocycles. The molecule has 0 atom stereocenters. The number of ether oxygens (including phenoxy) is 1. The van der Waals surface area contributed by atoms with Crippen molar-refractivity contribution in [1.29, 1.82) is 0 Å². The van der Waals surface area contributed by atoms with Crippen LogP contribution in [0.2, 0.25) is 0 Å². The summed E-state index contributed by atoms with van der Waals surface area (Å²) in [6, 6.07) is 12.2. The second-order valence-corrected chi connectivity index (χ2v) is 6.38. The SMILES string of the molecule is COc1ccc(-c2c(CO)c(CO)c3n2-c2ccc([N+](=O)[O-])cc2C3)cc1. The molecular formula is C20H18N2O5. The van der Waals surface area contributed by atoms with Crippen molar-refractivity contribution in [3.8, 4) is 22.7 Å². The zero-order valence-corrected chi connectivity index (χ0v) is 14.7. The van der Waals surface area contributed by atoms with Crippen LogP contribution in [-0.4, -0.2) is 26.8 Å². The number of hydrogen-bond donors (Lipinski definition) is 2. The van der Waals surface area contributed by atoms with Gasteiger partial charge in [0.05, 0.1) is 30.9 Å². The predicted octanol–water partition coefficient (Wildman–Crippen LogP) is 2.95. The number of methoxy groups -OCH3 is 1. The number of rotatable bonds is 5. The molecule has 0 saturated heterocycles. The Bertz CT molecular complexity index is 1040. The molecule has 4 rings (SSSR count). The molecular weight excluding hydrogens is 348 g/mol. The summed E-state index contributed by atoms with van der Waals surface area (Å²) < 4.78 is 7.20. The number of fused-ring (bicyclic) bond motifs is 3. The van der Waals surface area contributed by atoms with Gasteiger partial charge < -0.3 is 19.5 Å². The molecule has 27 heavy (non-hydrogen) atoms. The second-order valence-electron chi connectivity index (χ2n) is 6.38. The van der Waals surface area contributed by atoms with Gasteiger partial charge in [-0.05, 0) is 41.5 Å². The second kappa shape index (κ2) is 6.53. The molecule has 0 radical (unpaired) electrons. The smallest absolute Gasteiger partial charge is 0.269 e. The molecule has 138 valence electrons. The third kappa shape index (κ3) is 2.59. The summed E-state index contributed by atoms with van der Waals surface area (Å²) >= 11 is 0. The molecule has 7 heteroatoms. The van der Waals surface area contributed by atoms with Crippen LogP contribution in [0.1, 0.15) is 22.4 Å². The zero-order chi connectivity index (χ0) is 19.1. The van der Waals surface area contributed by atoms with E-state index in [0.717, 1.165) is 34.0 Å². The Labute approximate surface area is 155 Å². The minimum Gasteiger partial charge on any atom is -0.497 e. The van der Waals surface area contributed by atoms with Gasteiger partial charge in [-0.1, -0.05) is 0 Å². The van der Waals surface area contributed by atoms with Crippen LogP contribution in [0.3, 0.4) is 0 Å². The van der Waals surface area contributed by atoms with E-state index in [9.17, 15) is 20.3 Å². The monoisotopic (exact) mass is 366 g/mol. The van der Waals surface area contributed by atoms with Crippen LogP contribution in [0, 0.1) is 10.1 Å². The first kappa shape index (κ1) is 17.3. The van der Waals surface area contributed by atoms with E-state index >= 15 is 0 Å². The molecule has 2 aromatic carbocycles. The fourth-order valence-electron chi connectivity index (χ4n) is 3.81. The van der Waals surface area contributed by atoms with Gasteiger partial charge >= 0.3 is 0 Å². The zero-order valence-electron chi connectivity index (χ0n) is 14.7. The Kier molecular flexibility index (Phi) is 4.18. The van der Waals surface area contributed by atoms with Crippen molar-refractivity contribution >= 4 is 5.69 Å².